The average Bonchev–Trinajstić information content (AvgIpc) is 2.81. The first-order chi connectivity index (χ1) is 16.0. The molecule has 0 aliphatic heterocycles. The Labute approximate surface area is 193 Å². The van der Waals surface area contributed by atoms with Crippen LogP contribution in [0.2, 0.25) is 0 Å². The van der Waals surface area contributed by atoms with Crippen LogP contribution in [0.4, 0.5) is 13.2 Å². The zero-order chi connectivity index (χ0) is 25.0. The van der Waals surface area contributed by atoms with Gasteiger partial charge in [-0.25, -0.2) is 0 Å². The third kappa shape index (κ3) is 5.29. The molecule has 0 saturated carbocycles. The molecule has 178 valence electrons. The quantitative estimate of drug-likeness (QED) is 0.136. The second kappa shape index (κ2) is 9.84. The number of aliphatic hydroxyl groups excluding tert-OH is 1. The van der Waals surface area contributed by atoms with Crippen LogP contribution in [0.3, 0.4) is 0 Å². The van der Waals surface area contributed by atoms with Crippen LogP contribution in [-0.4, -0.2) is 21.8 Å². The maximum Gasteiger partial charge on any atom is 0.423 e. The zero-order valence-electron chi connectivity index (χ0n) is 18.0. The van der Waals surface area contributed by atoms with Gasteiger partial charge in [-0.2, -0.15) is 18.3 Å². The van der Waals surface area contributed by atoms with Gasteiger partial charge in [-0.05, 0) is 41.8 Å². The predicted molar refractivity (Wildman–Crippen MR) is 119 cm³/mol. The highest BCUT2D eigenvalue weighted by molar-refractivity contribution is 5.98. The number of rotatable bonds is 7. The minimum Gasteiger partial charge on any atom is -0.506 e. The SMILES string of the molecule is CC(=O)c1ccc(OCc2ccc(C(O)c3cccc(/C(N)=N/N)c3)cc2)c(C(F)(F)F)c1O. The number of hydrazone groups is 1. The number of phenolic OH excluding ortho intramolecular Hbond substituents is 1. The van der Waals surface area contributed by atoms with Gasteiger partial charge in [0.15, 0.2) is 5.78 Å². The number of phenols is 1. The fourth-order valence-electron chi connectivity index (χ4n) is 3.34. The van der Waals surface area contributed by atoms with E-state index in [4.69, 9.17) is 16.3 Å². The molecule has 10 heteroatoms. The van der Waals surface area contributed by atoms with E-state index in [9.17, 15) is 28.2 Å². The van der Waals surface area contributed by atoms with Gasteiger partial charge in [0.1, 0.15) is 35.6 Å². The molecule has 0 radical (unpaired) electrons. The molecule has 7 nitrogen and oxygen atoms in total. The fraction of sp³-hybridized carbons (Fsp3) is 0.167. The van der Waals surface area contributed by atoms with E-state index in [2.05, 4.69) is 5.10 Å². The van der Waals surface area contributed by atoms with Gasteiger partial charge in [-0.1, -0.05) is 42.5 Å². The number of hydrogen-bond acceptors (Lipinski definition) is 6. The summed E-state index contributed by atoms with van der Waals surface area (Å²) in [6.45, 7) is 0.819. The maximum absolute atomic E-state index is 13.5. The van der Waals surface area contributed by atoms with Crippen molar-refractivity contribution in [2.45, 2.75) is 25.8 Å². The molecule has 3 rings (SSSR count). The van der Waals surface area contributed by atoms with E-state index in [1.54, 1.807) is 48.5 Å². The number of carbonyl (C=O) groups excluding carboxylic acids is 1. The molecule has 1 atom stereocenters. The highest BCUT2D eigenvalue weighted by Crippen LogP contribution is 2.44. The van der Waals surface area contributed by atoms with Crippen LogP contribution in [0.15, 0.2) is 65.8 Å². The van der Waals surface area contributed by atoms with Gasteiger partial charge in [0, 0.05) is 5.56 Å². The lowest BCUT2D eigenvalue weighted by Gasteiger charge is -2.17. The molecule has 0 aliphatic rings. The number of carbonyl (C=O) groups is 1. The Morgan fingerprint density at radius 1 is 1.09 bits per heavy atom. The number of aromatic hydroxyl groups is 1. The molecule has 0 amide bonds. The lowest BCUT2D eigenvalue weighted by molar-refractivity contribution is -0.140. The molecule has 0 aliphatic carbocycles. The molecule has 1 unspecified atom stereocenters. The summed E-state index contributed by atoms with van der Waals surface area (Å²) in [7, 11) is 0. The van der Waals surface area contributed by atoms with Gasteiger partial charge in [-0.3, -0.25) is 4.79 Å². The summed E-state index contributed by atoms with van der Waals surface area (Å²) in [6, 6.07) is 15.2. The van der Waals surface area contributed by atoms with Crippen molar-refractivity contribution >= 4 is 11.6 Å². The summed E-state index contributed by atoms with van der Waals surface area (Å²) in [4.78, 5) is 11.5. The van der Waals surface area contributed by atoms with E-state index >= 15 is 0 Å². The second-order valence-electron chi connectivity index (χ2n) is 7.46. The first kappa shape index (κ1) is 24.6. The standard InChI is InChI=1S/C24H22F3N3O4/c1-13(31)18-9-10-19(20(22(18)33)24(25,26)27)34-12-14-5-7-15(8-6-14)21(32)16-3-2-4-17(11-16)23(28)30-29/h2-11,21,32-33H,12,29H2,1H3,(H2,28,30). The van der Waals surface area contributed by atoms with Crippen LogP contribution in [0.1, 0.15) is 51.2 Å². The van der Waals surface area contributed by atoms with Crippen molar-refractivity contribution < 1.29 is 32.9 Å². The van der Waals surface area contributed by atoms with E-state index in [1.807, 2.05) is 0 Å². The Morgan fingerprint density at radius 3 is 2.35 bits per heavy atom. The van der Waals surface area contributed by atoms with Crippen LogP contribution in [0.5, 0.6) is 11.5 Å². The summed E-state index contributed by atoms with van der Waals surface area (Å²) in [5.74, 6) is 2.83. The summed E-state index contributed by atoms with van der Waals surface area (Å²) >= 11 is 0. The maximum atomic E-state index is 13.5. The molecule has 3 aromatic rings. The molecule has 34 heavy (non-hydrogen) atoms. The molecular weight excluding hydrogens is 451 g/mol. The Hall–Kier alpha value is -4.05. The molecule has 0 aromatic heterocycles. The van der Waals surface area contributed by atoms with Crippen molar-refractivity contribution in [3.05, 3.63) is 94.0 Å². The van der Waals surface area contributed by atoms with Gasteiger partial charge in [-0.15, -0.1) is 0 Å². The minimum atomic E-state index is -4.93. The highest BCUT2D eigenvalue weighted by Gasteiger charge is 2.39. The summed E-state index contributed by atoms with van der Waals surface area (Å²) < 4.78 is 45.8. The number of benzene rings is 3. The zero-order valence-corrected chi connectivity index (χ0v) is 18.0. The first-order valence-electron chi connectivity index (χ1n) is 10.0. The predicted octanol–water partition coefficient (Wildman–Crippen LogP) is 3.85. The molecule has 0 saturated heterocycles. The van der Waals surface area contributed by atoms with Gasteiger partial charge >= 0.3 is 6.18 Å². The van der Waals surface area contributed by atoms with Crippen molar-refractivity contribution in [1.29, 1.82) is 0 Å². The van der Waals surface area contributed by atoms with Crippen LogP contribution in [-0.2, 0) is 12.8 Å². The number of hydrogen-bond donors (Lipinski definition) is 4. The van der Waals surface area contributed by atoms with E-state index in [0.29, 0.717) is 22.3 Å². The van der Waals surface area contributed by atoms with E-state index in [1.165, 1.54) is 0 Å². The van der Waals surface area contributed by atoms with Crippen LogP contribution in [0, 0.1) is 0 Å². The van der Waals surface area contributed by atoms with Gasteiger partial charge in [0.05, 0.1) is 5.56 Å². The second-order valence-corrected chi connectivity index (χ2v) is 7.46. The molecular formula is C24H22F3N3O4. The third-order valence-electron chi connectivity index (χ3n) is 5.13. The van der Waals surface area contributed by atoms with Crippen molar-refractivity contribution in [2.24, 2.45) is 16.7 Å². The van der Waals surface area contributed by atoms with Crippen LogP contribution in [0.25, 0.3) is 0 Å². The number of nitrogens with two attached hydrogens (primary N) is 2. The number of nitrogens with zero attached hydrogens (tertiary/aromatic N) is 1. The van der Waals surface area contributed by atoms with Crippen LogP contribution < -0.4 is 16.3 Å². The number of Topliss-reactive ketones (excluding diaryl/α,β-unsaturated/α-hetero) is 1. The Morgan fingerprint density at radius 2 is 1.76 bits per heavy atom. The first-order valence-corrected chi connectivity index (χ1v) is 10.0. The van der Waals surface area contributed by atoms with Crippen molar-refractivity contribution in [3.63, 3.8) is 0 Å². The number of ketones is 1. The third-order valence-corrected chi connectivity index (χ3v) is 5.13. The fourth-order valence-corrected chi connectivity index (χ4v) is 3.34. The number of aliphatic hydroxyl groups is 1. The number of amidine groups is 1. The number of halogens is 3. The summed E-state index contributed by atoms with van der Waals surface area (Å²) in [5.41, 5.74) is 5.99. The topological polar surface area (TPSA) is 131 Å². The van der Waals surface area contributed by atoms with E-state index < -0.39 is 40.7 Å². The number of alkyl halides is 3. The molecule has 0 fully saturated rings. The lowest BCUT2D eigenvalue weighted by atomic mass is 9.98. The molecule has 6 N–H and O–H groups in total. The van der Waals surface area contributed by atoms with Gasteiger partial charge < -0.3 is 26.5 Å². The van der Waals surface area contributed by atoms with E-state index in [-0.39, 0.29) is 12.4 Å². The monoisotopic (exact) mass is 473 g/mol. The number of ether oxygens (including phenoxy) is 1. The van der Waals surface area contributed by atoms with Crippen molar-refractivity contribution in [3.8, 4) is 11.5 Å². The molecule has 0 bridgehead atoms. The molecule has 0 heterocycles. The van der Waals surface area contributed by atoms with Crippen LogP contribution >= 0.6 is 0 Å². The minimum absolute atomic E-state index is 0.113. The van der Waals surface area contributed by atoms with E-state index in [0.717, 1.165) is 19.1 Å². The average molecular weight is 473 g/mol. The lowest BCUT2D eigenvalue weighted by Crippen LogP contribution is -2.16. The van der Waals surface area contributed by atoms with Gasteiger partial charge in [0.2, 0.25) is 0 Å². The Kier molecular flexibility index (Phi) is 7.11. The summed E-state index contributed by atoms with van der Waals surface area (Å²) in [5, 5.41) is 24.1. The molecule has 3 aromatic carbocycles. The Bertz CT molecular complexity index is 1230. The van der Waals surface area contributed by atoms with Gasteiger partial charge in [0.25, 0.3) is 0 Å². The van der Waals surface area contributed by atoms with Crippen molar-refractivity contribution in [2.75, 3.05) is 0 Å². The Balaban J connectivity index is 1.79. The van der Waals surface area contributed by atoms with Crippen molar-refractivity contribution in [1.82, 2.24) is 0 Å². The highest BCUT2D eigenvalue weighted by atomic mass is 19.4. The molecule has 0 spiro atoms. The largest absolute Gasteiger partial charge is 0.506 e. The smallest absolute Gasteiger partial charge is 0.423 e. The summed E-state index contributed by atoms with van der Waals surface area (Å²) in [6.07, 6.45) is -5.92. The normalized spacial score (nSPS) is 12.9.